The van der Waals surface area contributed by atoms with Crippen molar-refractivity contribution in [3.63, 3.8) is 0 Å². The van der Waals surface area contributed by atoms with E-state index in [0.29, 0.717) is 6.42 Å². The predicted octanol–water partition coefficient (Wildman–Crippen LogP) is 4.00. The maximum absolute atomic E-state index is 14.1. The largest absolute Gasteiger partial charge is 0.492 e. The van der Waals surface area contributed by atoms with Crippen molar-refractivity contribution in [2.24, 2.45) is 0 Å². The third-order valence-electron chi connectivity index (χ3n) is 5.67. The molecule has 11 heteroatoms. The highest BCUT2D eigenvalue weighted by Gasteiger charge is 2.33. The van der Waals surface area contributed by atoms with Crippen molar-refractivity contribution in [1.29, 1.82) is 0 Å². The Balaban J connectivity index is 1.83. The highest BCUT2D eigenvalue weighted by atomic mass is 32.2. The third kappa shape index (κ3) is 8.22. The Kier molecular flexibility index (Phi) is 9.65. The van der Waals surface area contributed by atoms with Crippen molar-refractivity contribution >= 4 is 32.7 Å². The fourth-order valence-electron chi connectivity index (χ4n) is 3.89. The molecule has 1 amide bonds. The van der Waals surface area contributed by atoms with Crippen molar-refractivity contribution in [2.45, 2.75) is 50.2 Å². The summed E-state index contributed by atoms with van der Waals surface area (Å²) in [6.07, 6.45) is -0.162. The monoisotopic (exact) mass is 560 g/mol. The molecule has 0 radical (unpaired) electrons. The number of hydroxylamine groups is 2. The summed E-state index contributed by atoms with van der Waals surface area (Å²) in [7, 11) is -1.97. The summed E-state index contributed by atoms with van der Waals surface area (Å²) in [6.45, 7) is 5.00. The summed E-state index contributed by atoms with van der Waals surface area (Å²) in [5.74, 6) is -2.55. The number of halogens is 1. The Hall–Kier alpha value is -3.54. The molecule has 210 valence electrons. The van der Waals surface area contributed by atoms with Gasteiger partial charge in [-0.2, -0.15) is 4.72 Å². The maximum Gasteiger partial charge on any atom is 0.308 e. The number of likely N-dealkylation sites (N-methyl/N-ethyl adjacent to an activating group) is 1. The summed E-state index contributed by atoms with van der Waals surface area (Å²) in [5.41, 5.74) is 0.135. The van der Waals surface area contributed by atoms with E-state index in [1.54, 1.807) is 20.8 Å². The number of carbonyl (C=O) groups is 2. The average molecular weight is 561 g/mol. The van der Waals surface area contributed by atoms with Crippen molar-refractivity contribution in [3.8, 4) is 5.75 Å². The van der Waals surface area contributed by atoms with Gasteiger partial charge < -0.3 is 9.47 Å². The fraction of sp³-hybridized carbons (Fsp3) is 0.357. The number of nitrogens with zero attached hydrogens (tertiary/aromatic N) is 1. The van der Waals surface area contributed by atoms with Gasteiger partial charge in [0.15, 0.2) is 0 Å². The minimum Gasteiger partial charge on any atom is -0.492 e. The van der Waals surface area contributed by atoms with Crippen LogP contribution in [0.25, 0.3) is 10.8 Å². The standard InChI is InChI=1S/C28H33FN2O7S/c1-28(2,3)38-26(32)18-23(27(33)31(4)36-5)30-39(34,35)25-14-13-21(29)17-24(25)37-16-15-20-11-8-10-19-9-6-7-12-22(19)20/h6-14,17,23,30H,15-16,18H2,1-5H3/t23-/m0/s1. The molecule has 0 unspecified atom stereocenters. The number of nitrogens with one attached hydrogen (secondary N) is 1. The van der Waals surface area contributed by atoms with Crippen molar-refractivity contribution in [3.05, 3.63) is 72.0 Å². The number of ether oxygens (including phenoxy) is 2. The van der Waals surface area contributed by atoms with Crippen LogP contribution >= 0.6 is 0 Å². The Morgan fingerprint density at radius 2 is 1.74 bits per heavy atom. The average Bonchev–Trinajstić information content (AvgIpc) is 2.86. The van der Waals surface area contributed by atoms with Crippen LogP contribution < -0.4 is 9.46 Å². The molecule has 3 rings (SSSR count). The minimum absolute atomic E-state index is 0.0622. The van der Waals surface area contributed by atoms with Crippen LogP contribution in [-0.4, -0.2) is 57.8 Å². The molecule has 0 bridgehead atoms. The minimum atomic E-state index is -4.47. The first-order chi connectivity index (χ1) is 18.3. The first kappa shape index (κ1) is 30.0. The molecule has 0 saturated carbocycles. The SMILES string of the molecule is CON(C)C(=O)[C@H](CC(=O)OC(C)(C)C)NS(=O)(=O)c1ccc(F)cc1OCCc1cccc2ccccc12. The van der Waals surface area contributed by atoms with E-state index in [1.807, 2.05) is 42.5 Å². The van der Waals surface area contributed by atoms with Crippen molar-refractivity contribution in [2.75, 3.05) is 20.8 Å². The van der Waals surface area contributed by atoms with Gasteiger partial charge in [-0.1, -0.05) is 42.5 Å². The number of carbonyl (C=O) groups excluding carboxylic acids is 2. The summed E-state index contributed by atoms with van der Waals surface area (Å²) in [4.78, 5) is 29.8. The molecule has 0 fully saturated rings. The Bertz CT molecular complexity index is 1430. The van der Waals surface area contributed by atoms with Crippen LogP contribution in [0.1, 0.15) is 32.8 Å². The van der Waals surface area contributed by atoms with E-state index in [0.717, 1.165) is 39.6 Å². The van der Waals surface area contributed by atoms with E-state index in [-0.39, 0.29) is 17.3 Å². The first-order valence-corrected chi connectivity index (χ1v) is 13.7. The van der Waals surface area contributed by atoms with Gasteiger partial charge in [0.25, 0.3) is 5.91 Å². The smallest absolute Gasteiger partial charge is 0.308 e. The quantitative estimate of drug-likeness (QED) is 0.279. The second kappa shape index (κ2) is 12.5. The second-order valence-electron chi connectivity index (χ2n) is 9.81. The number of rotatable bonds is 11. The molecule has 1 atom stereocenters. The highest BCUT2D eigenvalue weighted by molar-refractivity contribution is 7.89. The molecule has 0 aliphatic rings. The normalized spacial score (nSPS) is 12.7. The zero-order chi connectivity index (χ0) is 28.8. The zero-order valence-corrected chi connectivity index (χ0v) is 23.4. The second-order valence-corrected chi connectivity index (χ2v) is 11.5. The van der Waals surface area contributed by atoms with Gasteiger partial charge in [-0.05, 0) is 49.2 Å². The lowest BCUT2D eigenvalue weighted by atomic mass is 10.0. The zero-order valence-electron chi connectivity index (χ0n) is 22.6. The number of esters is 1. The van der Waals surface area contributed by atoms with Crippen molar-refractivity contribution < 1.29 is 36.7 Å². The van der Waals surface area contributed by atoms with Gasteiger partial charge in [0, 0.05) is 19.5 Å². The summed E-state index contributed by atoms with van der Waals surface area (Å²) < 4.78 is 54.1. The van der Waals surface area contributed by atoms with Gasteiger partial charge in [-0.3, -0.25) is 14.4 Å². The molecular formula is C28H33FN2O7S. The van der Waals surface area contributed by atoms with Crippen molar-refractivity contribution in [1.82, 2.24) is 9.79 Å². The molecule has 3 aromatic rings. The first-order valence-electron chi connectivity index (χ1n) is 12.3. The Labute approximate surface area is 227 Å². The van der Waals surface area contributed by atoms with Gasteiger partial charge in [-0.25, -0.2) is 17.9 Å². The van der Waals surface area contributed by atoms with Crippen LogP contribution in [0.2, 0.25) is 0 Å². The molecule has 0 aromatic heterocycles. The number of hydrogen-bond donors (Lipinski definition) is 1. The topological polar surface area (TPSA) is 111 Å². The molecule has 39 heavy (non-hydrogen) atoms. The Morgan fingerprint density at radius 3 is 2.44 bits per heavy atom. The third-order valence-corrected chi connectivity index (χ3v) is 7.19. The lowest BCUT2D eigenvalue weighted by Crippen LogP contribution is -2.48. The van der Waals surface area contributed by atoms with E-state index in [1.165, 1.54) is 14.2 Å². The van der Waals surface area contributed by atoms with Gasteiger partial charge in [-0.15, -0.1) is 0 Å². The maximum atomic E-state index is 14.1. The van der Waals surface area contributed by atoms with E-state index in [2.05, 4.69) is 4.72 Å². The molecule has 0 saturated heterocycles. The highest BCUT2D eigenvalue weighted by Crippen LogP contribution is 2.27. The number of sulfonamides is 1. The van der Waals surface area contributed by atoms with Crippen LogP contribution in [0.4, 0.5) is 4.39 Å². The van der Waals surface area contributed by atoms with Crippen LogP contribution in [0.3, 0.4) is 0 Å². The van der Waals surface area contributed by atoms with Crippen LogP contribution in [0.15, 0.2) is 65.6 Å². The Morgan fingerprint density at radius 1 is 1.05 bits per heavy atom. The van der Waals surface area contributed by atoms with E-state index < -0.39 is 45.8 Å². The summed E-state index contributed by atoms with van der Waals surface area (Å²) in [5, 5.41) is 2.88. The summed E-state index contributed by atoms with van der Waals surface area (Å²) in [6, 6.07) is 15.1. The lowest BCUT2D eigenvalue weighted by molar-refractivity contribution is -0.173. The van der Waals surface area contributed by atoms with Crippen LogP contribution in [0, 0.1) is 5.82 Å². The number of benzene rings is 3. The van der Waals surface area contributed by atoms with Gasteiger partial charge in [0.1, 0.15) is 28.1 Å². The molecule has 0 aliphatic heterocycles. The molecule has 0 aliphatic carbocycles. The van der Waals surface area contributed by atoms with Gasteiger partial charge in [0.2, 0.25) is 10.0 Å². The molecule has 1 N–H and O–H groups in total. The number of hydrogen-bond acceptors (Lipinski definition) is 7. The van der Waals surface area contributed by atoms with E-state index >= 15 is 0 Å². The fourth-order valence-corrected chi connectivity index (χ4v) is 5.20. The van der Waals surface area contributed by atoms with Gasteiger partial charge >= 0.3 is 5.97 Å². The number of amides is 1. The molecule has 3 aromatic carbocycles. The molecule has 0 spiro atoms. The number of fused-ring (bicyclic) bond motifs is 1. The predicted molar refractivity (Wildman–Crippen MR) is 144 cm³/mol. The lowest BCUT2D eigenvalue weighted by Gasteiger charge is -2.25. The van der Waals surface area contributed by atoms with Gasteiger partial charge in [0.05, 0.1) is 20.1 Å². The van der Waals surface area contributed by atoms with Crippen LogP contribution in [-0.2, 0) is 35.6 Å². The van der Waals surface area contributed by atoms with E-state index in [4.69, 9.17) is 14.3 Å². The molecule has 9 nitrogen and oxygen atoms in total. The van der Waals surface area contributed by atoms with E-state index in [9.17, 15) is 22.4 Å². The summed E-state index contributed by atoms with van der Waals surface area (Å²) >= 11 is 0. The molecular weight excluding hydrogens is 527 g/mol. The molecule has 0 heterocycles. The van der Waals surface area contributed by atoms with Crippen LogP contribution in [0.5, 0.6) is 5.75 Å².